The third-order valence-corrected chi connectivity index (χ3v) is 5.33. The average Bonchev–Trinajstić information content (AvgIpc) is 2.73. The first-order valence-corrected chi connectivity index (χ1v) is 10.1. The minimum atomic E-state index is -0.0740. The van der Waals surface area contributed by atoms with E-state index < -0.39 is 0 Å². The first-order valence-electron chi connectivity index (χ1n) is 10.1. The Hall–Kier alpha value is -2.37. The molecule has 3 rings (SSSR count). The summed E-state index contributed by atoms with van der Waals surface area (Å²) in [5.41, 5.74) is 1.88. The zero-order valence-corrected chi connectivity index (χ0v) is 16.9. The van der Waals surface area contributed by atoms with Crippen LogP contribution in [0.25, 0.3) is 0 Å². The van der Waals surface area contributed by atoms with Crippen molar-refractivity contribution in [3.8, 4) is 5.75 Å². The van der Waals surface area contributed by atoms with Crippen molar-refractivity contribution in [3.05, 3.63) is 60.2 Å². The van der Waals surface area contributed by atoms with Crippen molar-refractivity contribution < 1.29 is 9.53 Å². The van der Waals surface area contributed by atoms with E-state index in [1.54, 1.807) is 0 Å². The molecule has 1 saturated heterocycles. The molecule has 150 valence electrons. The molecule has 0 radical (unpaired) electrons. The van der Waals surface area contributed by atoms with Crippen LogP contribution in [0.3, 0.4) is 0 Å². The van der Waals surface area contributed by atoms with Crippen molar-refractivity contribution in [2.75, 3.05) is 39.0 Å². The standard InChI is InChI=1S/C23H31N3O2/c1-24-15-12-21(18-8-4-3-5-9-18)28-22-11-7-6-10-20(22)25-23(27)19-13-16-26(2)17-14-19/h3-11,19,21,24H,12-17H2,1-2H3,(H,25,27). The van der Waals surface area contributed by atoms with Gasteiger partial charge in [-0.05, 0) is 64.3 Å². The number of para-hydroxylation sites is 2. The van der Waals surface area contributed by atoms with Crippen LogP contribution in [0.5, 0.6) is 5.75 Å². The molecule has 28 heavy (non-hydrogen) atoms. The second-order valence-electron chi connectivity index (χ2n) is 7.47. The largest absolute Gasteiger partial charge is 0.484 e. The van der Waals surface area contributed by atoms with Gasteiger partial charge in [0.05, 0.1) is 5.69 Å². The minimum Gasteiger partial charge on any atom is -0.484 e. The van der Waals surface area contributed by atoms with Gasteiger partial charge in [0.2, 0.25) is 5.91 Å². The Bertz CT molecular complexity index is 743. The van der Waals surface area contributed by atoms with Gasteiger partial charge in [-0.1, -0.05) is 42.5 Å². The van der Waals surface area contributed by atoms with Gasteiger partial charge >= 0.3 is 0 Å². The fraction of sp³-hybridized carbons (Fsp3) is 0.435. The molecule has 5 heteroatoms. The molecular formula is C23H31N3O2. The monoisotopic (exact) mass is 381 g/mol. The van der Waals surface area contributed by atoms with Crippen LogP contribution in [0.15, 0.2) is 54.6 Å². The lowest BCUT2D eigenvalue weighted by atomic mass is 9.96. The van der Waals surface area contributed by atoms with Gasteiger partial charge in [-0.3, -0.25) is 4.79 Å². The number of piperidine rings is 1. The number of ether oxygens (including phenoxy) is 1. The average molecular weight is 382 g/mol. The van der Waals surface area contributed by atoms with Crippen molar-refractivity contribution >= 4 is 11.6 Å². The highest BCUT2D eigenvalue weighted by Crippen LogP contribution is 2.31. The maximum Gasteiger partial charge on any atom is 0.227 e. The predicted molar refractivity (Wildman–Crippen MR) is 114 cm³/mol. The van der Waals surface area contributed by atoms with Crippen molar-refractivity contribution in [2.24, 2.45) is 5.92 Å². The van der Waals surface area contributed by atoms with Gasteiger partial charge < -0.3 is 20.3 Å². The van der Waals surface area contributed by atoms with Crippen molar-refractivity contribution in [2.45, 2.75) is 25.4 Å². The Labute approximate surface area is 168 Å². The molecule has 1 heterocycles. The summed E-state index contributed by atoms with van der Waals surface area (Å²) in [4.78, 5) is 15.0. The van der Waals surface area contributed by atoms with Crippen LogP contribution in [0.2, 0.25) is 0 Å². The number of benzene rings is 2. The number of carbonyl (C=O) groups excluding carboxylic acids is 1. The Morgan fingerprint density at radius 3 is 2.50 bits per heavy atom. The van der Waals surface area contributed by atoms with Gasteiger partial charge in [0.1, 0.15) is 11.9 Å². The molecule has 0 spiro atoms. The number of hydrogen-bond acceptors (Lipinski definition) is 4. The van der Waals surface area contributed by atoms with Crippen LogP contribution in [0, 0.1) is 5.92 Å². The number of nitrogens with one attached hydrogen (secondary N) is 2. The lowest BCUT2D eigenvalue weighted by Crippen LogP contribution is -2.36. The van der Waals surface area contributed by atoms with E-state index in [0.717, 1.165) is 50.1 Å². The smallest absolute Gasteiger partial charge is 0.227 e. The molecule has 1 aliphatic rings. The van der Waals surface area contributed by atoms with Crippen LogP contribution in [0.4, 0.5) is 5.69 Å². The van der Waals surface area contributed by atoms with Crippen molar-refractivity contribution in [1.82, 2.24) is 10.2 Å². The molecule has 1 unspecified atom stereocenters. The summed E-state index contributed by atoms with van der Waals surface area (Å²) in [7, 11) is 4.05. The first kappa shape index (κ1) is 20.4. The third kappa shape index (κ3) is 5.57. The number of hydrogen-bond donors (Lipinski definition) is 2. The Balaban J connectivity index is 1.72. The molecule has 2 aromatic carbocycles. The SMILES string of the molecule is CNCCC(Oc1ccccc1NC(=O)C1CCN(C)CC1)c1ccccc1. The van der Waals surface area contributed by atoms with E-state index in [1.165, 1.54) is 0 Å². The first-order chi connectivity index (χ1) is 13.7. The maximum absolute atomic E-state index is 12.8. The van der Waals surface area contributed by atoms with Gasteiger partial charge in [0.15, 0.2) is 0 Å². The third-order valence-electron chi connectivity index (χ3n) is 5.33. The molecule has 1 aliphatic heterocycles. The number of nitrogens with zero attached hydrogens (tertiary/aromatic N) is 1. The van der Waals surface area contributed by atoms with Crippen LogP contribution in [-0.4, -0.2) is 44.5 Å². The van der Waals surface area contributed by atoms with Gasteiger partial charge in [0.25, 0.3) is 0 Å². The van der Waals surface area contributed by atoms with Gasteiger partial charge in [-0.15, -0.1) is 0 Å². The summed E-state index contributed by atoms with van der Waals surface area (Å²) in [5, 5.41) is 6.30. The van der Waals surface area contributed by atoms with Crippen LogP contribution >= 0.6 is 0 Å². The predicted octanol–water partition coefficient (Wildman–Crippen LogP) is 3.70. The Morgan fingerprint density at radius 1 is 1.11 bits per heavy atom. The lowest BCUT2D eigenvalue weighted by molar-refractivity contribution is -0.121. The molecule has 0 bridgehead atoms. The highest BCUT2D eigenvalue weighted by molar-refractivity contribution is 5.94. The van der Waals surface area contributed by atoms with E-state index in [9.17, 15) is 4.79 Å². The summed E-state index contributed by atoms with van der Waals surface area (Å²) in [5.74, 6) is 0.878. The molecule has 1 fully saturated rings. The van der Waals surface area contributed by atoms with Crippen LogP contribution in [-0.2, 0) is 4.79 Å². The van der Waals surface area contributed by atoms with E-state index in [0.29, 0.717) is 5.75 Å². The zero-order valence-electron chi connectivity index (χ0n) is 16.9. The van der Waals surface area contributed by atoms with E-state index in [-0.39, 0.29) is 17.9 Å². The van der Waals surface area contributed by atoms with Crippen molar-refractivity contribution in [3.63, 3.8) is 0 Å². The number of anilines is 1. The van der Waals surface area contributed by atoms with E-state index in [1.807, 2.05) is 49.5 Å². The zero-order chi connectivity index (χ0) is 19.8. The molecule has 0 saturated carbocycles. The lowest BCUT2D eigenvalue weighted by Gasteiger charge is -2.28. The number of rotatable bonds is 8. The van der Waals surface area contributed by atoms with E-state index >= 15 is 0 Å². The highest BCUT2D eigenvalue weighted by atomic mass is 16.5. The number of carbonyl (C=O) groups is 1. The minimum absolute atomic E-state index is 0.0680. The van der Waals surface area contributed by atoms with Gasteiger partial charge in [0, 0.05) is 12.3 Å². The molecule has 1 atom stereocenters. The molecule has 0 aromatic heterocycles. The normalized spacial score (nSPS) is 16.5. The van der Waals surface area contributed by atoms with Gasteiger partial charge in [-0.25, -0.2) is 0 Å². The van der Waals surface area contributed by atoms with E-state index in [2.05, 4.69) is 34.7 Å². The molecular weight excluding hydrogens is 350 g/mol. The number of likely N-dealkylation sites (tertiary alicyclic amines) is 1. The summed E-state index contributed by atoms with van der Waals surface area (Å²) in [6.45, 7) is 2.79. The van der Waals surface area contributed by atoms with Crippen LogP contribution in [0.1, 0.15) is 30.9 Å². The highest BCUT2D eigenvalue weighted by Gasteiger charge is 2.24. The second kappa shape index (κ2) is 10.2. The topological polar surface area (TPSA) is 53.6 Å². The molecule has 2 aromatic rings. The van der Waals surface area contributed by atoms with Crippen LogP contribution < -0.4 is 15.4 Å². The fourth-order valence-electron chi connectivity index (χ4n) is 3.57. The fourth-order valence-corrected chi connectivity index (χ4v) is 3.57. The number of amides is 1. The quantitative estimate of drug-likeness (QED) is 0.732. The molecule has 2 N–H and O–H groups in total. The summed E-state index contributed by atoms with van der Waals surface area (Å²) < 4.78 is 6.38. The van der Waals surface area contributed by atoms with Crippen molar-refractivity contribution in [1.29, 1.82) is 0 Å². The molecule has 1 amide bonds. The summed E-state index contributed by atoms with van der Waals surface area (Å²) in [6, 6.07) is 18.0. The summed E-state index contributed by atoms with van der Waals surface area (Å²) >= 11 is 0. The molecule has 5 nitrogen and oxygen atoms in total. The van der Waals surface area contributed by atoms with E-state index in [4.69, 9.17) is 4.74 Å². The Morgan fingerprint density at radius 2 is 1.79 bits per heavy atom. The summed E-state index contributed by atoms with van der Waals surface area (Å²) in [6.07, 6.45) is 2.58. The second-order valence-corrected chi connectivity index (χ2v) is 7.47. The Kier molecular flexibility index (Phi) is 7.46. The van der Waals surface area contributed by atoms with Gasteiger partial charge in [-0.2, -0.15) is 0 Å². The molecule has 0 aliphatic carbocycles. The maximum atomic E-state index is 12.8.